The van der Waals surface area contributed by atoms with E-state index in [4.69, 9.17) is 4.74 Å². The van der Waals surface area contributed by atoms with Crippen molar-refractivity contribution < 1.29 is 13.2 Å². The molecule has 1 aliphatic heterocycles. The van der Waals surface area contributed by atoms with Crippen LogP contribution in [-0.4, -0.2) is 52.2 Å². The summed E-state index contributed by atoms with van der Waals surface area (Å²) in [5, 5.41) is 3.48. The molecule has 1 heterocycles. The fourth-order valence-electron chi connectivity index (χ4n) is 3.17. The Hall–Kier alpha value is -1.27. The quantitative estimate of drug-likeness (QED) is 0.823. The van der Waals surface area contributed by atoms with Crippen molar-refractivity contribution in [3.63, 3.8) is 0 Å². The Balaban J connectivity index is 1.98. The average Bonchev–Trinajstić information content (AvgIpc) is 2.54. The highest BCUT2D eigenvalue weighted by atomic mass is 32.2. The first-order valence-electron chi connectivity index (χ1n) is 8.29. The van der Waals surface area contributed by atoms with Gasteiger partial charge in [-0.3, -0.25) is 0 Å². The lowest BCUT2D eigenvalue weighted by atomic mass is 10.0. The predicted molar refractivity (Wildman–Crippen MR) is 95.2 cm³/mol. The molecule has 0 amide bonds. The van der Waals surface area contributed by atoms with Crippen LogP contribution in [0.25, 0.3) is 0 Å². The second-order valence-corrected chi connectivity index (χ2v) is 8.62. The second-order valence-electron chi connectivity index (χ2n) is 6.22. The molecule has 1 aliphatic rings. The van der Waals surface area contributed by atoms with Crippen LogP contribution >= 0.6 is 0 Å². The average molecular weight is 340 g/mol. The number of benzene rings is 1. The van der Waals surface area contributed by atoms with Crippen LogP contribution < -0.4 is 15.0 Å². The highest BCUT2D eigenvalue weighted by Gasteiger charge is 2.24. The van der Waals surface area contributed by atoms with E-state index in [1.807, 2.05) is 25.1 Å². The maximum absolute atomic E-state index is 11.8. The number of sulfone groups is 1. The molecule has 0 spiro atoms. The molecule has 1 aromatic rings. The van der Waals surface area contributed by atoms with Crippen molar-refractivity contribution in [3.05, 3.63) is 24.3 Å². The van der Waals surface area contributed by atoms with E-state index >= 15 is 0 Å². The van der Waals surface area contributed by atoms with E-state index in [1.54, 1.807) is 14.0 Å². The van der Waals surface area contributed by atoms with Crippen molar-refractivity contribution in [1.82, 2.24) is 5.32 Å². The highest BCUT2D eigenvalue weighted by molar-refractivity contribution is 7.91. The van der Waals surface area contributed by atoms with E-state index < -0.39 is 9.84 Å². The van der Waals surface area contributed by atoms with Gasteiger partial charge in [0.05, 0.1) is 18.6 Å². The van der Waals surface area contributed by atoms with Gasteiger partial charge in [-0.05, 0) is 31.9 Å². The highest BCUT2D eigenvalue weighted by Crippen LogP contribution is 2.29. The zero-order valence-electron chi connectivity index (χ0n) is 14.3. The van der Waals surface area contributed by atoms with Crippen molar-refractivity contribution in [2.75, 3.05) is 36.6 Å². The zero-order chi connectivity index (χ0) is 16.9. The van der Waals surface area contributed by atoms with Gasteiger partial charge in [0.2, 0.25) is 0 Å². The molecule has 2 rings (SSSR count). The van der Waals surface area contributed by atoms with Gasteiger partial charge in [0, 0.05) is 30.9 Å². The number of nitrogens with zero attached hydrogens (tertiary/aromatic N) is 1. The molecular formula is C17H28N2O3S. The van der Waals surface area contributed by atoms with Crippen LogP contribution in [0.5, 0.6) is 5.75 Å². The summed E-state index contributed by atoms with van der Waals surface area (Å²) < 4.78 is 29.0. The summed E-state index contributed by atoms with van der Waals surface area (Å²) >= 11 is 0. The molecule has 2 atom stereocenters. The van der Waals surface area contributed by atoms with Gasteiger partial charge in [-0.2, -0.15) is 0 Å². The van der Waals surface area contributed by atoms with Gasteiger partial charge in [-0.15, -0.1) is 0 Å². The third-order valence-electron chi connectivity index (χ3n) is 4.31. The second kappa shape index (κ2) is 8.02. The normalized spacial score (nSPS) is 20.3. The third-order valence-corrected chi connectivity index (χ3v) is 6.20. The van der Waals surface area contributed by atoms with Crippen LogP contribution in [0.4, 0.5) is 5.69 Å². The van der Waals surface area contributed by atoms with Gasteiger partial charge in [-0.25, -0.2) is 8.42 Å². The van der Waals surface area contributed by atoms with E-state index in [0.717, 1.165) is 37.4 Å². The van der Waals surface area contributed by atoms with E-state index in [9.17, 15) is 8.42 Å². The van der Waals surface area contributed by atoms with Gasteiger partial charge in [0.15, 0.2) is 9.84 Å². The molecule has 1 saturated heterocycles. The zero-order valence-corrected chi connectivity index (χ0v) is 15.1. The minimum Gasteiger partial charge on any atom is -0.495 e. The van der Waals surface area contributed by atoms with Crippen molar-refractivity contribution >= 4 is 15.5 Å². The van der Waals surface area contributed by atoms with Gasteiger partial charge in [0.1, 0.15) is 5.75 Å². The lowest BCUT2D eigenvalue weighted by Gasteiger charge is -2.36. The summed E-state index contributed by atoms with van der Waals surface area (Å²) in [6, 6.07) is 8.32. The van der Waals surface area contributed by atoms with Crippen LogP contribution in [0, 0.1) is 0 Å². The minimum absolute atomic E-state index is 0.0254. The predicted octanol–water partition coefficient (Wildman–Crippen LogP) is 2.08. The number of methoxy groups -OCH3 is 1. The standard InChI is InChI=1S/C17H28N2O3S/c1-4-23(20,21)13-14(2)18-15-8-7-11-19(12-15)16-9-5-6-10-17(16)22-3/h5-6,9-10,14-15,18H,4,7-8,11-13H2,1-3H3/t14-,15+/m1/s1. The Labute approximate surface area is 139 Å². The van der Waals surface area contributed by atoms with Crippen LogP contribution in [0.1, 0.15) is 26.7 Å². The van der Waals surface area contributed by atoms with Crippen LogP contribution in [0.15, 0.2) is 24.3 Å². The Morgan fingerprint density at radius 2 is 2.13 bits per heavy atom. The minimum atomic E-state index is -2.94. The van der Waals surface area contributed by atoms with E-state index in [0.29, 0.717) is 6.04 Å². The maximum Gasteiger partial charge on any atom is 0.151 e. The molecule has 1 aromatic carbocycles. The summed E-state index contributed by atoms with van der Waals surface area (Å²) in [4.78, 5) is 2.32. The van der Waals surface area contributed by atoms with E-state index in [2.05, 4.69) is 16.3 Å². The molecule has 23 heavy (non-hydrogen) atoms. The number of ether oxygens (including phenoxy) is 1. The van der Waals surface area contributed by atoms with E-state index in [1.165, 1.54) is 0 Å². The summed E-state index contributed by atoms with van der Waals surface area (Å²) in [6.45, 7) is 5.53. The number of piperidine rings is 1. The largest absolute Gasteiger partial charge is 0.495 e. The molecule has 1 N–H and O–H groups in total. The van der Waals surface area contributed by atoms with Gasteiger partial charge in [0.25, 0.3) is 0 Å². The van der Waals surface area contributed by atoms with Gasteiger partial charge >= 0.3 is 0 Å². The van der Waals surface area contributed by atoms with E-state index in [-0.39, 0.29) is 17.5 Å². The SMILES string of the molecule is CCS(=O)(=O)C[C@@H](C)N[C@H]1CCCN(c2ccccc2OC)C1. The Morgan fingerprint density at radius 3 is 2.83 bits per heavy atom. The molecule has 1 fully saturated rings. The maximum atomic E-state index is 11.8. The molecule has 130 valence electrons. The summed E-state index contributed by atoms with van der Waals surface area (Å²) in [5.41, 5.74) is 1.11. The molecule has 0 saturated carbocycles. The molecule has 0 unspecified atom stereocenters. The number of hydrogen-bond acceptors (Lipinski definition) is 5. The Kier molecular flexibility index (Phi) is 6.30. The smallest absolute Gasteiger partial charge is 0.151 e. The summed E-state index contributed by atoms with van der Waals surface area (Å²) in [6.07, 6.45) is 2.16. The summed E-state index contributed by atoms with van der Waals surface area (Å²) in [7, 11) is -1.25. The van der Waals surface area contributed by atoms with Crippen LogP contribution in [0.3, 0.4) is 0 Å². The third kappa shape index (κ3) is 5.11. The summed E-state index contributed by atoms with van der Waals surface area (Å²) in [5.74, 6) is 1.29. The molecule has 0 bridgehead atoms. The van der Waals surface area contributed by atoms with Crippen molar-refractivity contribution in [1.29, 1.82) is 0 Å². The number of hydrogen-bond donors (Lipinski definition) is 1. The molecule has 5 nitrogen and oxygen atoms in total. The van der Waals surface area contributed by atoms with Crippen molar-refractivity contribution in [3.8, 4) is 5.75 Å². The molecule has 6 heteroatoms. The first-order chi connectivity index (χ1) is 10.9. The molecule has 0 aliphatic carbocycles. The topological polar surface area (TPSA) is 58.6 Å². The lowest BCUT2D eigenvalue weighted by molar-refractivity contribution is 0.385. The monoisotopic (exact) mass is 340 g/mol. The number of nitrogens with one attached hydrogen (secondary N) is 1. The van der Waals surface area contributed by atoms with Gasteiger partial charge in [-0.1, -0.05) is 19.1 Å². The fraction of sp³-hybridized carbons (Fsp3) is 0.647. The van der Waals surface area contributed by atoms with Crippen LogP contribution in [-0.2, 0) is 9.84 Å². The van der Waals surface area contributed by atoms with Gasteiger partial charge < -0.3 is 15.0 Å². The molecule has 0 aromatic heterocycles. The number of para-hydroxylation sites is 2. The Bertz CT molecular complexity index is 604. The first-order valence-corrected chi connectivity index (χ1v) is 10.1. The molecular weight excluding hydrogens is 312 g/mol. The van der Waals surface area contributed by atoms with Crippen molar-refractivity contribution in [2.24, 2.45) is 0 Å². The van der Waals surface area contributed by atoms with Crippen molar-refractivity contribution in [2.45, 2.75) is 38.8 Å². The first kappa shape index (κ1) is 18.1. The number of rotatable bonds is 7. The number of anilines is 1. The Morgan fingerprint density at radius 1 is 1.39 bits per heavy atom. The lowest BCUT2D eigenvalue weighted by Crippen LogP contribution is -2.50. The van der Waals surface area contributed by atoms with Crippen LogP contribution in [0.2, 0.25) is 0 Å². The fourth-order valence-corrected chi connectivity index (χ4v) is 4.27. The molecule has 0 radical (unpaired) electrons.